The molecule has 0 N–H and O–H groups in total. The molecule has 2 rings (SSSR count). The molecule has 2 atom stereocenters. The zero-order valence-corrected chi connectivity index (χ0v) is 14.5. The SMILES string of the molecule is CCOC(=O)C1CC1c1ccccc1.F[B-](F)(F)F.F[B-](F)(F)F.F[B-](F)(F)F. The van der Waals surface area contributed by atoms with E-state index in [2.05, 4.69) is 12.1 Å². The minimum Gasteiger partial charge on any atom is -0.466 e. The van der Waals surface area contributed by atoms with Crippen LogP contribution in [0.25, 0.3) is 0 Å². The number of hydrogen-bond donors (Lipinski definition) is 0. The van der Waals surface area contributed by atoms with Crippen molar-refractivity contribution in [2.24, 2.45) is 5.92 Å². The molecule has 17 heteroatoms. The second kappa shape index (κ2) is 12.6. The lowest BCUT2D eigenvalue weighted by Crippen LogP contribution is -2.07. The third-order valence-corrected chi connectivity index (χ3v) is 2.61. The first-order valence-corrected chi connectivity index (χ1v) is 7.66. The Morgan fingerprint density at radius 2 is 1.17 bits per heavy atom. The van der Waals surface area contributed by atoms with E-state index in [9.17, 15) is 56.6 Å². The smallest absolute Gasteiger partial charge is 0.466 e. The van der Waals surface area contributed by atoms with Crippen molar-refractivity contribution in [3.63, 3.8) is 0 Å². The molecular weight excluding hydrogens is 437 g/mol. The summed E-state index contributed by atoms with van der Waals surface area (Å²) in [6.07, 6.45) is 0.947. The molecule has 1 fully saturated rings. The highest BCUT2D eigenvalue weighted by Gasteiger charge is 2.44. The van der Waals surface area contributed by atoms with Crippen molar-refractivity contribution < 1.29 is 61.3 Å². The average molecular weight is 451 g/mol. The minimum absolute atomic E-state index is 0.0404. The molecule has 1 aliphatic carbocycles. The van der Waals surface area contributed by atoms with Gasteiger partial charge >= 0.3 is 27.7 Å². The van der Waals surface area contributed by atoms with E-state index in [0.717, 1.165) is 6.42 Å². The highest BCUT2D eigenvalue weighted by atomic mass is 19.5. The number of hydrogen-bond acceptors (Lipinski definition) is 2. The lowest BCUT2D eigenvalue weighted by atomic mass is 10.1. The minimum atomic E-state index is -6.00. The second-order valence-corrected chi connectivity index (χ2v) is 5.10. The Balaban J connectivity index is 0. The van der Waals surface area contributed by atoms with E-state index in [4.69, 9.17) is 4.74 Å². The van der Waals surface area contributed by atoms with Gasteiger partial charge in [-0.15, -0.1) is 0 Å². The van der Waals surface area contributed by atoms with Crippen molar-refractivity contribution in [3.05, 3.63) is 35.9 Å². The lowest BCUT2D eigenvalue weighted by molar-refractivity contribution is -0.144. The fraction of sp³-hybridized carbons (Fsp3) is 0.417. The molecule has 0 aliphatic heterocycles. The molecule has 29 heavy (non-hydrogen) atoms. The first-order valence-electron chi connectivity index (χ1n) is 7.66. The van der Waals surface area contributed by atoms with E-state index in [1.54, 1.807) is 0 Å². The molecule has 0 radical (unpaired) electrons. The van der Waals surface area contributed by atoms with E-state index >= 15 is 0 Å². The number of benzene rings is 1. The summed E-state index contributed by atoms with van der Waals surface area (Å²) in [5.74, 6) is 0.467. The van der Waals surface area contributed by atoms with Gasteiger partial charge in [0.05, 0.1) is 12.5 Å². The van der Waals surface area contributed by atoms with E-state index in [-0.39, 0.29) is 11.9 Å². The molecule has 0 amide bonds. The first kappa shape index (κ1) is 29.2. The maximum atomic E-state index is 11.4. The van der Waals surface area contributed by atoms with Gasteiger partial charge in [0.25, 0.3) is 0 Å². The molecular formula is C12H14B3F12O2-3. The molecule has 0 heterocycles. The predicted octanol–water partition coefficient (Wildman–Crippen LogP) is 6.25. The number of carbonyl (C=O) groups is 1. The van der Waals surface area contributed by atoms with E-state index < -0.39 is 21.8 Å². The number of esters is 1. The largest absolute Gasteiger partial charge is 0.673 e. The van der Waals surface area contributed by atoms with Crippen LogP contribution in [0.4, 0.5) is 51.8 Å². The third kappa shape index (κ3) is 28.4. The van der Waals surface area contributed by atoms with Crippen LogP contribution < -0.4 is 0 Å². The maximum absolute atomic E-state index is 11.4. The zero-order valence-electron chi connectivity index (χ0n) is 14.5. The number of halogens is 12. The summed E-state index contributed by atoms with van der Waals surface area (Å²) in [4.78, 5) is 11.4. The molecule has 1 aromatic rings. The summed E-state index contributed by atoms with van der Waals surface area (Å²) in [6.45, 7) is 2.33. The van der Waals surface area contributed by atoms with Gasteiger partial charge in [-0.2, -0.15) is 0 Å². The van der Waals surface area contributed by atoms with Crippen LogP contribution in [-0.2, 0) is 9.53 Å². The van der Waals surface area contributed by atoms with Crippen LogP contribution in [0, 0.1) is 5.92 Å². The van der Waals surface area contributed by atoms with Gasteiger partial charge in [0.1, 0.15) is 0 Å². The van der Waals surface area contributed by atoms with Gasteiger partial charge in [-0.05, 0) is 24.8 Å². The maximum Gasteiger partial charge on any atom is 0.673 e. The Morgan fingerprint density at radius 1 is 0.828 bits per heavy atom. The van der Waals surface area contributed by atoms with Crippen molar-refractivity contribution in [2.75, 3.05) is 6.61 Å². The van der Waals surface area contributed by atoms with Crippen molar-refractivity contribution >= 4 is 27.7 Å². The standard InChI is InChI=1S/C12H14O2.3BF4/c1-2-14-12(13)11-8-10(11)9-6-4-3-5-7-9;3*2-1(3,4)5/h3-7,10-11H,2,8H2,1H3;;;/q;3*-1. The topological polar surface area (TPSA) is 26.3 Å². The number of rotatable bonds is 3. The van der Waals surface area contributed by atoms with Crippen LogP contribution in [0.2, 0.25) is 0 Å². The highest BCUT2D eigenvalue weighted by Crippen LogP contribution is 2.47. The Bertz CT molecular complexity index is 530. The van der Waals surface area contributed by atoms with Crippen molar-refractivity contribution in [2.45, 2.75) is 19.3 Å². The van der Waals surface area contributed by atoms with Crippen LogP contribution in [0.15, 0.2) is 30.3 Å². The quantitative estimate of drug-likeness (QED) is 0.309. The van der Waals surface area contributed by atoms with Crippen LogP contribution >= 0.6 is 0 Å². The summed E-state index contributed by atoms with van der Waals surface area (Å²) in [5, 5.41) is 0. The summed E-state index contributed by atoms with van der Waals surface area (Å²) >= 11 is 0. The Labute approximate surface area is 157 Å². The highest BCUT2D eigenvalue weighted by molar-refractivity contribution is 6.50. The Morgan fingerprint density at radius 3 is 1.48 bits per heavy atom. The summed E-state index contributed by atoms with van der Waals surface area (Å²) < 4.78 is 122. The van der Waals surface area contributed by atoms with E-state index in [0.29, 0.717) is 12.5 Å². The molecule has 1 aromatic carbocycles. The summed E-state index contributed by atoms with van der Waals surface area (Å²) in [7, 11) is -18.0. The van der Waals surface area contributed by atoms with Crippen molar-refractivity contribution in [3.8, 4) is 0 Å². The normalized spacial score (nSPS) is 18.0. The van der Waals surface area contributed by atoms with Crippen molar-refractivity contribution in [1.29, 1.82) is 0 Å². The summed E-state index contributed by atoms with van der Waals surface area (Å²) in [6, 6.07) is 10.2. The van der Waals surface area contributed by atoms with Gasteiger partial charge in [0.15, 0.2) is 0 Å². The molecule has 0 spiro atoms. The Kier molecular flexibility index (Phi) is 12.7. The Hall–Kier alpha value is -1.96. The van der Waals surface area contributed by atoms with Gasteiger partial charge in [0, 0.05) is 0 Å². The first-order chi connectivity index (χ1) is 12.8. The molecule has 170 valence electrons. The molecule has 0 aromatic heterocycles. The third-order valence-electron chi connectivity index (χ3n) is 2.61. The molecule has 0 saturated heterocycles. The molecule has 2 unspecified atom stereocenters. The monoisotopic (exact) mass is 451 g/mol. The molecule has 1 aliphatic rings. The van der Waals surface area contributed by atoms with Gasteiger partial charge < -0.3 is 56.5 Å². The second-order valence-electron chi connectivity index (χ2n) is 5.10. The van der Waals surface area contributed by atoms with Gasteiger partial charge in [-0.3, -0.25) is 4.79 Å². The number of ether oxygens (including phenoxy) is 1. The van der Waals surface area contributed by atoms with Crippen LogP contribution in [0.5, 0.6) is 0 Å². The fourth-order valence-electron chi connectivity index (χ4n) is 1.77. The van der Waals surface area contributed by atoms with Gasteiger partial charge in [-0.1, -0.05) is 30.3 Å². The fourth-order valence-corrected chi connectivity index (χ4v) is 1.77. The van der Waals surface area contributed by atoms with E-state index in [1.807, 2.05) is 25.1 Å². The zero-order chi connectivity index (χ0) is 23.5. The van der Waals surface area contributed by atoms with E-state index in [1.165, 1.54) is 5.56 Å². The predicted molar refractivity (Wildman–Crippen MR) is 84.5 cm³/mol. The number of carbonyl (C=O) groups excluding carboxylic acids is 1. The lowest BCUT2D eigenvalue weighted by Gasteiger charge is -2.00. The average Bonchev–Trinajstić information content (AvgIpc) is 3.23. The van der Waals surface area contributed by atoms with Crippen LogP contribution in [-0.4, -0.2) is 34.3 Å². The molecule has 1 saturated carbocycles. The van der Waals surface area contributed by atoms with Crippen LogP contribution in [0.1, 0.15) is 24.8 Å². The summed E-state index contributed by atoms with van der Waals surface area (Å²) in [5.41, 5.74) is 1.26. The van der Waals surface area contributed by atoms with Crippen LogP contribution in [0.3, 0.4) is 0 Å². The molecule has 0 bridgehead atoms. The van der Waals surface area contributed by atoms with Gasteiger partial charge in [-0.25, -0.2) is 0 Å². The van der Waals surface area contributed by atoms with Crippen molar-refractivity contribution in [1.82, 2.24) is 0 Å². The van der Waals surface area contributed by atoms with Gasteiger partial charge in [0.2, 0.25) is 0 Å². The molecule has 2 nitrogen and oxygen atoms in total.